The molecular weight excluding hydrogens is 741 g/mol. The molecule has 4 aromatic carbocycles. The maximum atomic E-state index is 13.7. The topological polar surface area (TPSA) is 124 Å². The van der Waals surface area contributed by atoms with Crippen molar-refractivity contribution in [1.29, 1.82) is 0 Å². The maximum Gasteiger partial charge on any atom is 0.242 e. The molecule has 2 aliphatic heterocycles. The third kappa shape index (κ3) is 10.8. The smallest absolute Gasteiger partial charge is 0.242 e. The van der Waals surface area contributed by atoms with E-state index in [4.69, 9.17) is 9.98 Å². The van der Waals surface area contributed by atoms with E-state index in [1.807, 2.05) is 125 Å². The van der Waals surface area contributed by atoms with Gasteiger partial charge in [-0.25, -0.2) is 9.98 Å². The van der Waals surface area contributed by atoms with E-state index in [1.54, 1.807) is 9.80 Å². The van der Waals surface area contributed by atoms with E-state index < -0.39 is 10.5 Å². The summed E-state index contributed by atoms with van der Waals surface area (Å²) in [6.07, 6.45) is 3.21. The van der Waals surface area contributed by atoms with Gasteiger partial charge in [-0.2, -0.15) is 0 Å². The number of thioether (sulfide) groups is 2. The lowest BCUT2D eigenvalue weighted by atomic mass is 10.1. The fourth-order valence-electron chi connectivity index (χ4n) is 6.46. The summed E-state index contributed by atoms with van der Waals surface area (Å²) >= 11 is 2.67. The Morgan fingerprint density at radius 2 is 0.964 bits per heavy atom. The monoisotopic (exact) mass is 788 g/mol. The number of aryl methyl sites for hydroxylation is 4. The zero-order valence-electron chi connectivity index (χ0n) is 32.3. The SMILES string of the molecule is Cc1ccc(C)c(NC(=O)CC2SC(=Nc3ccccc3)N(CCCCCCN3C(=O)C(CC(=O)Nc4cc(C)ccc4C)SC3=Nc3ccccc3)C2=O)c1. The molecule has 4 amide bonds. The molecule has 0 bridgehead atoms. The summed E-state index contributed by atoms with van der Waals surface area (Å²) in [5, 5.41) is 6.04. The number of benzene rings is 4. The van der Waals surface area contributed by atoms with Gasteiger partial charge in [-0.1, -0.05) is 97.0 Å². The highest BCUT2D eigenvalue weighted by molar-refractivity contribution is 8.15. The summed E-state index contributed by atoms with van der Waals surface area (Å²) < 4.78 is 0. The minimum Gasteiger partial charge on any atom is -0.326 e. The highest BCUT2D eigenvalue weighted by Crippen LogP contribution is 2.34. The van der Waals surface area contributed by atoms with Crippen LogP contribution in [0, 0.1) is 27.7 Å². The number of hydrogen-bond acceptors (Lipinski definition) is 8. The molecule has 4 aromatic rings. The Hall–Kier alpha value is -5.20. The molecule has 2 unspecified atom stereocenters. The number of para-hydroxylation sites is 2. The largest absolute Gasteiger partial charge is 0.326 e. The lowest BCUT2D eigenvalue weighted by Gasteiger charge is -2.18. The molecule has 0 saturated carbocycles. The molecule has 2 saturated heterocycles. The van der Waals surface area contributed by atoms with Gasteiger partial charge < -0.3 is 10.6 Å². The second kappa shape index (κ2) is 19.1. The van der Waals surface area contributed by atoms with Gasteiger partial charge in [-0.05, 0) is 99.2 Å². The van der Waals surface area contributed by atoms with E-state index >= 15 is 0 Å². The highest BCUT2D eigenvalue weighted by atomic mass is 32.2. The van der Waals surface area contributed by atoms with E-state index in [2.05, 4.69) is 10.6 Å². The van der Waals surface area contributed by atoms with E-state index in [0.717, 1.165) is 70.7 Å². The molecule has 56 heavy (non-hydrogen) atoms. The molecule has 6 rings (SSSR count). The summed E-state index contributed by atoms with van der Waals surface area (Å²) in [5.74, 6) is -0.649. The Morgan fingerprint density at radius 3 is 1.36 bits per heavy atom. The van der Waals surface area contributed by atoms with Crippen LogP contribution in [0.5, 0.6) is 0 Å². The van der Waals surface area contributed by atoms with Crippen molar-refractivity contribution in [2.75, 3.05) is 23.7 Å². The number of nitrogens with one attached hydrogen (secondary N) is 2. The normalized spacial score (nSPS) is 18.3. The molecule has 2 fully saturated rings. The van der Waals surface area contributed by atoms with Gasteiger partial charge in [0.15, 0.2) is 10.3 Å². The zero-order valence-corrected chi connectivity index (χ0v) is 33.9. The van der Waals surface area contributed by atoms with Crippen molar-refractivity contribution in [2.24, 2.45) is 9.98 Å². The van der Waals surface area contributed by atoms with Crippen molar-refractivity contribution in [3.8, 4) is 0 Å². The van der Waals surface area contributed by atoms with Gasteiger partial charge in [0.1, 0.15) is 10.5 Å². The Bertz CT molecular complexity index is 1970. The minimum absolute atomic E-state index is 0.0458. The van der Waals surface area contributed by atoms with Crippen molar-refractivity contribution in [3.05, 3.63) is 119 Å². The first-order chi connectivity index (χ1) is 27.0. The number of anilines is 2. The number of carbonyl (C=O) groups is 4. The summed E-state index contributed by atoms with van der Waals surface area (Å²) in [6.45, 7) is 8.80. The molecule has 2 atom stereocenters. The van der Waals surface area contributed by atoms with Crippen LogP contribution in [0.25, 0.3) is 0 Å². The number of nitrogens with zero attached hydrogens (tertiary/aromatic N) is 4. The van der Waals surface area contributed by atoms with E-state index in [0.29, 0.717) is 23.4 Å². The fourth-order valence-corrected chi connectivity index (χ4v) is 8.83. The zero-order chi connectivity index (χ0) is 39.6. The van der Waals surface area contributed by atoms with Gasteiger partial charge in [0, 0.05) is 37.3 Å². The molecule has 2 aliphatic rings. The third-order valence-corrected chi connectivity index (χ3v) is 11.9. The summed E-state index contributed by atoms with van der Waals surface area (Å²) in [4.78, 5) is 66.7. The lowest BCUT2D eigenvalue weighted by Crippen LogP contribution is -2.34. The van der Waals surface area contributed by atoms with Crippen LogP contribution in [0.1, 0.15) is 60.8 Å². The Labute approximate surface area is 337 Å². The number of amidine groups is 2. The van der Waals surface area contributed by atoms with Crippen LogP contribution >= 0.6 is 23.5 Å². The molecule has 0 radical (unpaired) electrons. The Balaban J connectivity index is 1.05. The molecule has 2 N–H and O–H groups in total. The lowest BCUT2D eigenvalue weighted by molar-refractivity contribution is -0.128. The standard InChI is InChI=1S/C44H48N6O4S2/c1-29-19-21-31(3)35(25-29)47-39(51)27-37-41(53)49(43(55-37)45-33-15-9-7-10-16-33)23-13-5-6-14-24-50-42(54)38(56-44(50)46-34-17-11-8-12-18-34)28-40(52)48-36-26-30(2)20-22-32(36)4/h7-12,15-22,25-26,37-38H,5-6,13-14,23-24,27-28H2,1-4H3,(H,47,51)(H,48,52). The molecule has 0 aliphatic carbocycles. The number of aliphatic imine (C=N–C) groups is 2. The van der Waals surface area contributed by atoms with Crippen LogP contribution < -0.4 is 10.6 Å². The average molecular weight is 789 g/mol. The predicted octanol–water partition coefficient (Wildman–Crippen LogP) is 9.10. The maximum absolute atomic E-state index is 13.7. The highest BCUT2D eigenvalue weighted by Gasteiger charge is 2.40. The first-order valence-electron chi connectivity index (χ1n) is 19.0. The average Bonchev–Trinajstić information content (AvgIpc) is 3.62. The van der Waals surface area contributed by atoms with Crippen molar-refractivity contribution < 1.29 is 19.2 Å². The van der Waals surface area contributed by atoms with Crippen LogP contribution in [-0.4, -0.2) is 67.4 Å². The second-order valence-corrected chi connectivity index (χ2v) is 16.5. The molecule has 2 heterocycles. The molecule has 0 spiro atoms. The first kappa shape index (κ1) is 40.5. The van der Waals surface area contributed by atoms with Crippen molar-refractivity contribution >= 4 is 80.2 Å². The number of hydrogen-bond donors (Lipinski definition) is 2. The Morgan fingerprint density at radius 1 is 0.571 bits per heavy atom. The molecular formula is C44H48N6O4S2. The molecule has 290 valence electrons. The number of unbranched alkanes of at least 4 members (excludes halogenated alkanes) is 3. The summed E-state index contributed by atoms with van der Waals surface area (Å²) in [7, 11) is 0. The van der Waals surface area contributed by atoms with Gasteiger partial charge in [0.05, 0.1) is 11.4 Å². The van der Waals surface area contributed by atoms with Crippen LogP contribution in [0.3, 0.4) is 0 Å². The number of amides is 4. The molecule has 10 nitrogen and oxygen atoms in total. The summed E-state index contributed by atoms with van der Waals surface area (Å²) in [5.41, 5.74) is 7.02. The van der Waals surface area contributed by atoms with Crippen LogP contribution in [0.4, 0.5) is 22.7 Å². The van der Waals surface area contributed by atoms with E-state index in [-0.39, 0.29) is 36.5 Å². The minimum atomic E-state index is -0.570. The summed E-state index contributed by atoms with van der Waals surface area (Å²) in [6, 6.07) is 30.9. The van der Waals surface area contributed by atoms with Gasteiger partial charge in [-0.3, -0.25) is 29.0 Å². The van der Waals surface area contributed by atoms with E-state index in [9.17, 15) is 19.2 Å². The second-order valence-electron chi connectivity index (χ2n) is 14.2. The van der Waals surface area contributed by atoms with Gasteiger partial charge in [0.25, 0.3) is 0 Å². The van der Waals surface area contributed by atoms with Crippen molar-refractivity contribution in [2.45, 2.75) is 76.7 Å². The number of rotatable bonds is 15. The van der Waals surface area contributed by atoms with Crippen LogP contribution in [-0.2, 0) is 19.2 Å². The molecule has 0 aromatic heterocycles. The van der Waals surface area contributed by atoms with E-state index in [1.165, 1.54) is 23.5 Å². The Kier molecular flexibility index (Phi) is 13.8. The van der Waals surface area contributed by atoms with Gasteiger partial charge in [0.2, 0.25) is 23.6 Å². The van der Waals surface area contributed by atoms with Crippen molar-refractivity contribution in [1.82, 2.24) is 9.80 Å². The van der Waals surface area contributed by atoms with Gasteiger partial charge in [-0.15, -0.1) is 0 Å². The van der Waals surface area contributed by atoms with Crippen LogP contribution in [0.2, 0.25) is 0 Å². The number of carbonyl (C=O) groups excluding carboxylic acids is 4. The quantitative estimate of drug-likeness (QED) is 0.116. The van der Waals surface area contributed by atoms with Crippen LogP contribution in [0.15, 0.2) is 107 Å². The first-order valence-corrected chi connectivity index (χ1v) is 20.8. The fraction of sp³-hybridized carbons (Fsp3) is 0.318. The van der Waals surface area contributed by atoms with Crippen molar-refractivity contribution in [3.63, 3.8) is 0 Å². The van der Waals surface area contributed by atoms with Gasteiger partial charge >= 0.3 is 0 Å². The molecule has 12 heteroatoms. The third-order valence-electron chi connectivity index (χ3n) is 9.59. The predicted molar refractivity (Wildman–Crippen MR) is 230 cm³/mol.